The second kappa shape index (κ2) is 11.8. The Morgan fingerprint density at radius 1 is 1.07 bits per heavy atom. The van der Waals surface area contributed by atoms with E-state index in [9.17, 15) is 9.59 Å². The van der Waals surface area contributed by atoms with Crippen molar-refractivity contribution in [2.45, 2.75) is 39.5 Å². The predicted octanol–water partition coefficient (Wildman–Crippen LogP) is 6.07. The minimum atomic E-state index is -0.679. The number of hydrogen-bond donors (Lipinski definition) is 0. The number of esters is 1. The van der Waals surface area contributed by atoms with Gasteiger partial charge in [0.15, 0.2) is 4.80 Å². The molecule has 0 saturated carbocycles. The van der Waals surface area contributed by atoms with Crippen LogP contribution in [-0.2, 0) is 16.1 Å². The van der Waals surface area contributed by atoms with Gasteiger partial charge in [0.1, 0.15) is 12.4 Å². The lowest BCUT2D eigenvalue weighted by molar-refractivity contribution is -0.143. The van der Waals surface area contributed by atoms with E-state index in [-0.39, 0.29) is 18.3 Å². The van der Waals surface area contributed by atoms with Crippen molar-refractivity contribution in [2.24, 2.45) is 4.99 Å². The largest absolute Gasteiger partial charge is 0.488 e. The summed E-state index contributed by atoms with van der Waals surface area (Å²) in [6, 6.07) is 21.4. The van der Waals surface area contributed by atoms with Crippen LogP contribution in [0.2, 0.25) is 10.0 Å². The van der Waals surface area contributed by atoms with Gasteiger partial charge in [0, 0.05) is 21.2 Å². The van der Waals surface area contributed by atoms with Crippen LogP contribution in [0.25, 0.3) is 6.08 Å². The molecule has 204 valence electrons. The normalized spacial score (nSPS) is 15.2. The summed E-state index contributed by atoms with van der Waals surface area (Å²) in [5.41, 5.74) is 2.83. The number of hydrogen-bond acceptors (Lipinski definition) is 6. The van der Waals surface area contributed by atoms with E-state index >= 15 is 0 Å². The summed E-state index contributed by atoms with van der Waals surface area (Å²) in [6.45, 7) is 5.59. The summed E-state index contributed by atoms with van der Waals surface area (Å²) in [4.78, 5) is 32.3. The van der Waals surface area contributed by atoms with Crippen LogP contribution in [0.15, 0.2) is 93.9 Å². The number of carbonyl (C=O) groups excluding carboxylic acids is 1. The van der Waals surface area contributed by atoms with Crippen LogP contribution in [0.1, 0.15) is 43.5 Å². The smallest absolute Gasteiger partial charge is 0.338 e. The maximum Gasteiger partial charge on any atom is 0.338 e. The third kappa shape index (κ3) is 5.77. The quantitative estimate of drug-likeness (QED) is 0.244. The molecule has 6 nitrogen and oxygen atoms in total. The monoisotopic (exact) mass is 592 g/mol. The third-order valence-corrected chi connectivity index (χ3v) is 7.89. The number of ether oxygens (including phenoxy) is 2. The highest BCUT2D eigenvalue weighted by Crippen LogP contribution is 2.31. The molecule has 2 heterocycles. The molecule has 1 aliphatic rings. The number of thiazole rings is 1. The van der Waals surface area contributed by atoms with E-state index in [1.54, 1.807) is 55.7 Å². The lowest BCUT2D eigenvalue weighted by Gasteiger charge is -2.25. The second-order valence-corrected chi connectivity index (χ2v) is 11.4. The fourth-order valence-corrected chi connectivity index (χ4v) is 5.90. The lowest BCUT2D eigenvalue weighted by atomic mass is 9.96. The molecule has 40 heavy (non-hydrogen) atoms. The van der Waals surface area contributed by atoms with Crippen LogP contribution in [0, 0.1) is 0 Å². The molecule has 1 unspecified atom stereocenters. The molecule has 0 bridgehead atoms. The minimum Gasteiger partial charge on any atom is -0.488 e. The van der Waals surface area contributed by atoms with E-state index < -0.39 is 12.0 Å². The first-order valence-electron chi connectivity index (χ1n) is 12.7. The van der Waals surface area contributed by atoms with Crippen molar-refractivity contribution in [1.29, 1.82) is 0 Å². The molecule has 1 atom stereocenters. The Kier molecular flexibility index (Phi) is 8.26. The minimum absolute atomic E-state index is 0.248. The molecule has 1 aromatic heterocycles. The highest BCUT2D eigenvalue weighted by molar-refractivity contribution is 7.07. The fraction of sp³-hybridized carbons (Fsp3) is 0.194. The lowest BCUT2D eigenvalue weighted by Crippen LogP contribution is -2.40. The Morgan fingerprint density at radius 2 is 1.80 bits per heavy atom. The molecule has 1 aliphatic heterocycles. The van der Waals surface area contributed by atoms with Gasteiger partial charge in [-0.25, -0.2) is 9.79 Å². The summed E-state index contributed by atoms with van der Waals surface area (Å²) in [7, 11) is 0. The highest BCUT2D eigenvalue weighted by atomic mass is 35.5. The second-order valence-electron chi connectivity index (χ2n) is 9.51. The van der Waals surface area contributed by atoms with E-state index in [1.807, 2.05) is 48.5 Å². The van der Waals surface area contributed by atoms with Crippen molar-refractivity contribution >= 4 is 46.6 Å². The number of fused-ring (bicyclic) bond motifs is 1. The van der Waals surface area contributed by atoms with Crippen molar-refractivity contribution in [3.05, 3.63) is 130 Å². The third-order valence-electron chi connectivity index (χ3n) is 6.30. The summed E-state index contributed by atoms with van der Waals surface area (Å²) in [5, 5.41) is 1.11. The number of aromatic nitrogens is 1. The van der Waals surface area contributed by atoms with Gasteiger partial charge in [-0.2, -0.15) is 0 Å². The molecule has 3 aromatic carbocycles. The Bertz CT molecular complexity index is 1790. The molecular formula is C31H26Cl2N2O4S. The van der Waals surface area contributed by atoms with E-state index in [0.717, 1.165) is 11.1 Å². The molecule has 0 N–H and O–H groups in total. The van der Waals surface area contributed by atoms with Gasteiger partial charge in [0.25, 0.3) is 5.56 Å². The van der Waals surface area contributed by atoms with E-state index in [1.165, 1.54) is 11.3 Å². The predicted molar refractivity (Wildman–Crippen MR) is 159 cm³/mol. The number of allylic oxidation sites excluding steroid dienone is 1. The standard InChI is InChI=1S/C31H26Cl2N2O4S/c1-18(2)39-30(37)27-19(3)34-31-35(28(27)20-9-5-4-6-10-20)29(36)26(40-31)16-22-15-23(32)13-14-25(22)38-17-21-11-7-8-12-24(21)33/h4-16,18,28H,17H2,1-3H3. The van der Waals surface area contributed by atoms with E-state index in [2.05, 4.69) is 4.99 Å². The zero-order chi connectivity index (χ0) is 28.4. The van der Waals surface area contributed by atoms with Crippen LogP contribution in [0.3, 0.4) is 0 Å². The van der Waals surface area contributed by atoms with E-state index in [0.29, 0.717) is 42.0 Å². The SMILES string of the molecule is CC1=C(C(=O)OC(C)C)C(c2ccccc2)n2c(sc(=Cc3cc(Cl)ccc3OCc3ccccc3Cl)c2=O)=N1. The Balaban J connectivity index is 1.62. The molecule has 0 fully saturated rings. The summed E-state index contributed by atoms with van der Waals surface area (Å²) in [5.74, 6) is 0.0524. The highest BCUT2D eigenvalue weighted by Gasteiger charge is 2.33. The van der Waals surface area contributed by atoms with Crippen LogP contribution in [0.5, 0.6) is 5.75 Å². The molecule has 4 aromatic rings. The van der Waals surface area contributed by atoms with Crippen LogP contribution in [0.4, 0.5) is 0 Å². The first-order chi connectivity index (χ1) is 19.2. The van der Waals surface area contributed by atoms with Crippen molar-refractivity contribution in [2.75, 3.05) is 0 Å². The first kappa shape index (κ1) is 27.9. The Labute approximate surface area is 245 Å². The molecule has 0 saturated heterocycles. The number of nitrogens with zero attached hydrogens (tertiary/aromatic N) is 2. The van der Waals surface area contributed by atoms with Crippen molar-refractivity contribution in [3.8, 4) is 5.75 Å². The van der Waals surface area contributed by atoms with Crippen molar-refractivity contribution < 1.29 is 14.3 Å². The maximum absolute atomic E-state index is 13.9. The Morgan fingerprint density at radius 3 is 2.52 bits per heavy atom. The maximum atomic E-state index is 13.9. The van der Waals surface area contributed by atoms with Crippen LogP contribution in [-0.4, -0.2) is 16.6 Å². The molecular weight excluding hydrogens is 567 g/mol. The summed E-state index contributed by atoms with van der Waals surface area (Å²) < 4.78 is 13.6. The first-order valence-corrected chi connectivity index (χ1v) is 14.2. The van der Waals surface area contributed by atoms with Crippen molar-refractivity contribution in [1.82, 2.24) is 4.57 Å². The topological polar surface area (TPSA) is 69.9 Å². The number of carbonyl (C=O) groups is 1. The Hall–Kier alpha value is -3.65. The summed E-state index contributed by atoms with van der Waals surface area (Å²) >= 11 is 13.9. The van der Waals surface area contributed by atoms with Gasteiger partial charge in [0.05, 0.1) is 27.9 Å². The van der Waals surface area contributed by atoms with Crippen LogP contribution >= 0.6 is 34.5 Å². The average molecular weight is 594 g/mol. The van der Waals surface area contributed by atoms with Gasteiger partial charge >= 0.3 is 5.97 Å². The molecule has 9 heteroatoms. The van der Waals surface area contributed by atoms with Crippen molar-refractivity contribution in [3.63, 3.8) is 0 Å². The average Bonchev–Trinajstić information content (AvgIpc) is 3.22. The summed E-state index contributed by atoms with van der Waals surface area (Å²) in [6.07, 6.45) is 1.42. The number of rotatable bonds is 7. The molecule has 0 spiro atoms. The molecule has 0 radical (unpaired) electrons. The zero-order valence-corrected chi connectivity index (χ0v) is 24.4. The van der Waals surface area contributed by atoms with Gasteiger partial charge in [0.2, 0.25) is 0 Å². The zero-order valence-electron chi connectivity index (χ0n) is 22.1. The number of benzene rings is 3. The van der Waals surface area contributed by atoms with Gasteiger partial charge in [-0.15, -0.1) is 0 Å². The molecule has 0 aliphatic carbocycles. The van der Waals surface area contributed by atoms with Gasteiger partial charge in [-0.1, -0.05) is 83.1 Å². The van der Waals surface area contributed by atoms with Gasteiger partial charge in [-0.3, -0.25) is 9.36 Å². The molecule has 0 amide bonds. The van der Waals surface area contributed by atoms with Crippen LogP contribution < -0.4 is 19.6 Å². The molecule has 5 rings (SSSR count). The van der Waals surface area contributed by atoms with E-state index in [4.69, 9.17) is 32.7 Å². The van der Waals surface area contributed by atoms with Gasteiger partial charge < -0.3 is 9.47 Å². The fourth-order valence-electron chi connectivity index (χ4n) is 4.49. The van der Waals surface area contributed by atoms with Gasteiger partial charge in [-0.05, 0) is 56.7 Å². The number of halogens is 2.